The van der Waals surface area contributed by atoms with Gasteiger partial charge < -0.3 is 11.1 Å². The normalized spacial score (nSPS) is 11.3. The Balaban J connectivity index is 2.05. The Kier molecular flexibility index (Phi) is 3.79. The first-order valence-corrected chi connectivity index (χ1v) is 6.56. The smallest absolute Gasteiger partial charge is 0.273 e. The Labute approximate surface area is 118 Å². The molecule has 0 aliphatic carbocycles. The van der Waals surface area contributed by atoms with Gasteiger partial charge in [0, 0.05) is 12.0 Å². The molecule has 4 N–H and O–H groups in total. The molecular formula is C15H20N4O. The molecule has 20 heavy (non-hydrogen) atoms. The van der Waals surface area contributed by atoms with Gasteiger partial charge in [0.15, 0.2) is 5.69 Å². The first kappa shape index (κ1) is 14.1. The molecule has 1 heterocycles. The SMILES string of the molecule is Cc1[nH]nc(C(=O)NCC(C)(C)c2ccccc2)c1N. The maximum Gasteiger partial charge on any atom is 0.273 e. The number of benzene rings is 1. The van der Waals surface area contributed by atoms with Crippen molar-refractivity contribution in [3.05, 3.63) is 47.3 Å². The van der Waals surface area contributed by atoms with Gasteiger partial charge in [-0.15, -0.1) is 0 Å². The number of nitrogens with two attached hydrogens (primary N) is 1. The van der Waals surface area contributed by atoms with Crippen molar-refractivity contribution in [1.82, 2.24) is 15.5 Å². The van der Waals surface area contributed by atoms with Gasteiger partial charge in [-0.3, -0.25) is 9.89 Å². The van der Waals surface area contributed by atoms with Crippen molar-refractivity contribution in [3.8, 4) is 0 Å². The number of aryl methyl sites for hydroxylation is 1. The third kappa shape index (κ3) is 2.82. The molecule has 0 saturated heterocycles. The average Bonchev–Trinajstić information content (AvgIpc) is 2.78. The first-order valence-electron chi connectivity index (χ1n) is 6.56. The van der Waals surface area contributed by atoms with Crippen LogP contribution in [0.3, 0.4) is 0 Å². The van der Waals surface area contributed by atoms with E-state index in [1.54, 1.807) is 6.92 Å². The van der Waals surface area contributed by atoms with Crippen LogP contribution in [0.15, 0.2) is 30.3 Å². The van der Waals surface area contributed by atoms with Crippen LogP contribution in [0.1, 0.15) is 35.6 Å². The summed E-state index contributed by atoms with van der Waals surface area (Å²) in [7, 11) is 0. The van der Waals surface area contributed by atoms with E-state index in [-0.39, 0.29) is 17.0 Å². The van der Waals surface area contributed by atoms with Crippen LogP contribution in [0.4, 0.5) is 5.69 Å². The fraction of sp³-hybridized carbons (Fsp3) is 0.333. The molecule has 0 fully saturated rings. The predicted molar refractivity (Wildman–Crippen MR) is 79.5 cm³/mol. The maximum atomic E-state index is 12.1. The Morgan fingerprint density at radius 2 is 2.00 bits per heavy atom. The zero-order valence-electron chi connectivity index (χ0n) is 12.0. The molecule has 5 nitrogen and oxygen atoms in total. The van der Waals surface area contributed by atoms with Crippen molar-refractivity contribution < 1.29 is 4.79 Å². The zero-order valence-corrected chi connectivity index (χ0v) is 12.0. The molecule has 0 bridgehead atoms. The van der Waals surface area contributed by atoms with E-state index in [2.05, 4.69) is 41.5 Å². The number of rotatable bonds is 4. The number of amides is 1. The van der Waals surface area contributed by atoms with Gasteiger partial charge in [0.2, 0.25) is 0 Å². The topological polar surface area (TPSA) is 83.8 Å². The second-order valence-electron chi connectivity index (χ2n) is 5.54. The third-order valence-corrected chi connectivity index (χ3v) is 3.46. The Morgan fingerprint density at radius 3 is 2.55 bits per heavy atom. The lowest BCUT2D eigenvalue weighted by molar-refractivity contribution is 0.0941. The van der Waals surface area contributed by atoms with Crippen molar-refractivity contribution >= 4 is 11.6 Å². The highest BCUT2D eigenvalue weighted by atomic mass is 16.1. The molecule has 0 saturated carbocycles. The van der Waals surface area contributed by atoms with E-state index in [0.29, 0.717) is 17.9 Å². The van der Waals surface area contributed by atoms with E-state index in [1.807, 2.05) is 18.2 Å². The van der Waals surface area contributed by atoms with Gasteiger partial charge in [-0.1, -0.05) is 44.2 Å². The van der Waals surface area contributed by atoms with E-state index in [4.69, 9.17) is 5.73 Å². The number of hydrogen-bond donors (Lipinski definition) is 3. The number of anilines is 1. The van der Waals surface area contributed by atoms with E-state index in [0.717, 1.165) is 0 Å². The highest BCUT2D eigenvalue weighted by Gasteiger charge is 2.23. The van der Waals surface area contributed by atoms with Gasteiger partial charge in [-0.05, 0) is 12.5 Å². The number of aromatic nitrogens is 2. The number of nitrogen functional groups attached to an aromatic ring is 1. The molecule has 0 aliphatic rings. The van der Waals surface area contributed by atoms with Crippen molar-refractivity contribution in [1.29, 1.82) is 0 Å². The van der Waals surface area contributed by atoms with Crippen LogP contribution in [-0.4, -0.2) is 22.6 Å². The number of carbonyl (C=O) groups is 1. The number of aromatic amines is 1. The number of hydrogen-bond acceptors (Lipinski definition) is 3. The molecule has 1 amide bonds. The standard InChI is InChI=1S/C15H20N4O/c1-10-12(16)13(19-18-10)14(20)17-9-15(2,3)11-7-5-4-6-8-11/h4-8H,9,16H2,1-3H3,(H,17,20)(H,18,19). The summed E-state index contributed by atoms with van der Waals surface area (Å²) in [5.41, 5.74) is 8.18. The largest absolute Gasteiger partial charge is 0.395 e. The molecular weight excluding hydrogens is 252 g/mol. The summed E-state index contributed by atoms with van der Waals surface area (Å²) in [4.78, 5) is 12.1. The minimum atomic E-state index is -0.254. The summed E-state index contributed by atoms with van der Waals surface area (Å²) in [5, 5.41) is 9.53. The number of carbonyl (C=O) groups excluding carboxylic acids is 1. The number of nitrogens with zero attached hydrogens (tertiary/aromatic N) is 1. The zero-order chi connectivity index (χ0) is 14.8. The Bertz CT molecular complexity index is 602. The minimum Gasteiger partial charge on any atom is -0.395 e. The summed E-state index contributed by atoms with van der Waals surface area (Å²) in [5.74, 6) is -0.254. The van der Waals surface area contributed by atoms with Crippen LogP contribution in [0.2, 0.25) is 0 Å². The third-order valence-electron chi connectivity index (χ3n) is 3.46. The molecule has 0 aliphatic heterocycles. The minimum absolute atomic E-state index is 0.156. The average molecular weight is 272 g/mol. The predicted octanol–water partition coefficient (Wildman–Crippen LogP) is 2.01. The van der Waals surface area contributed by atoms with Crippen molar-refractivity contribution in [3.63, 3.8) is 0 Å². The molecule has 0 radical (unpaired) electrons. The van der Waals surface area contributed by atoms with Crippen molar-refractivity contribution in [2.24, 2.45) is 0 Å². The van der Waals surface area contributed by atoms with Crippen LogP contribution < -0.4 is 11.1 Å². The van der Waals surface area contributed by atoms with Gasteiger partial charge in [0.25, 0.3) is 5.91 Å². The lowest BCUT2D eigenvalue weighted by Crippen LogP contribution is -2.37. The number of nitrogens with one attached hydrogen (secondary N) is 2. The summed E-state index contributed by atoms with van der Waals surface area (Å²) in [6.45, 7) is 6.47. The highest BCUT2D eigenvalue weighted by Crippen LogP contribution is 2.22. The summed E-state index contributed by atoms with van der Waals surface area (Å²) in [6.07, 6.45) is 0. The monoisotopic (exact) mass is 272 g/mol. The van der Waals surface area contributed by atoms with Crippen molar-refractivity contribution in [2.75, 3.05) is 12.3 Å². The molecule has 0 unspecified atom stereocenters. The molecule has 0 spiro atoms. The van der Waals surface area contributed by atoms with Crippen molar-refractivity contribution in [2.45, 2.75) is 26.2 Å². The second kappa shape index (κ2) is 5.36. The first-order chi connectivity index (χ1) is 9.42. The van der Waals surface area contributed by atoms with E-state index < -0.39 is 0 Å². The fourth-order valence-corrected chi connectivity index (χ4v) is 1.99. The summed E-state index contributed by atoms with van der Waals surface area (Å²) in [6, 6.07) is 10.1. The van der Waals surface area contributed by atoms with E-state index in [9.17, 15) is 4.79 Å². The molecule has 1 aromatic carbocycles. The van der Waals surface area contributed by atoms with Crippen LogP contribution in [0, 0.1) is 6.92 Å². The van der Waals surface area contributed by atoms with E-state index >= 15 is 0 Å². The molecule has 1 aromatic heterocycles. The fourth-order valence-electron chi connectivity index (χ4n) is 1.99. The van der Waals surface area contributed by atoms with Gasteiger partial charge in [0.05, 0.1) is 11.4 Å². The van der Waals surface area contributed by atoms with Gasteiger partial charge in [-0.25, -0.2) is 0 Å². The maximum absolute atomic E-state index is 12.1. The van der Waals surface area contributed by atoms with Gasteiger partial charge in [0.1, 0.15) is 0 Å². The molecule has 2 rings (SSSR count). The van der Waals surface area contributed by atoms with Gasteiger partial charge >= 0.3 is 0 Å². The molecule has 2 aromatic rings. The lowest BCUT2D eigenvalue weighted by atomic mass is 9.84. The lowest BCUT2D eigenvalue weighted by Gasteiger charge is -2.25. The van der Waals surface area contributed by atoms with Crippen LogP contribution in [-0.2, 0) is 5.41 Å². The highest BCUT2D eigenvalue weighted by molar-refractivity contribution is 5.97. The van der Waals surface area contributed by atoms with Crippen LogP contribution in [0.25, 0.3) is 0 Å². The Hall–Kier alpha value is -2.30. The summed E-state index contributed by atoms with van der Waals surface area (Å²) < 4.78 is 0. The van der Waals surface area contributed by atoms with Crippen LogP contribution in [0.5, 0.6) is 0 Å². The second-order valence-corrected chi connectivity index (χ2v) is 5.54. The molecule has 106 valence electrons. The molecule has 5 heteroatoms. The summed E-state index contributed by atoms with van der Waals surface area (Å²) >= 11 is 0. The quantitative estimate of drug-likeness (QED) is 0.796. The van der Waals surface area contributed by atoms with Crippen LogP contribution >= 0.6 is 0 Å². The van der Waals surface area contributed by atoms with E-state index in [1.165, 1.54) is 5.56 Å². The molecule has 0 atom stereocenters. The number of H-pyrrole nitrogens is 1. The van der Waals surface area contributed by atoms with Gasteiger partial charge in [-0.2, -0.15) is 5.10 Å². The Morgan fingerprint density at radius 1 is 1.35 bits per heavy atom.